The third-order valence-electron chi connectivity index (χ3n) is 2.37. The number of amides is 3. The molecule has 3 amide bonds. The lowest BCUT2D eigenvalue weighted by Crippen LogP contribution is -2.43. The molecule has 0 fully saturated rings. The lowest BCUT2D eigenvalue weighted by atomic mass is 10.2. The van der Waals surface area contributed by atoms with Gasteiger partial charge in [-0.15, -0.1) is 0 Å². The first-order valence-electron chi connectivity index (χ1n) is 5.65. The maximum atomic E-state index is 12.1. The van der Waals surface area contributed by atoms with Crippen molar-refractivity contribution in [3.8, 4) is 0 Å². The van der Waals surface area contributed by atoms with Gasteiger partial charge in [0.15, 0.2) is 5.84 Å². The zero-order chi connectivity index (χ0) is 16.0. The highest BCUT2D eigenvalue weighted by atomic mass is 16.4. The second-order valence-electron chi connectivity index (χ2n) is 4.01. The zero-order valence-corrected chi connectivity index (χ0v) is 10.9. The van der Waals surface area contributed by atoms with Crippen molar-refractivity contribution in [2.75, 3.05) is 13.1 Å². The Bertz CT molecular complexity index is 567. The molecule has 1 rings (SSSR count). The van der Waals surface area contributed by atoms with Gasteiger partial charge in [-0.2, -0.15) is 0 Å². The fraction of sp³-hybridized carbons (Fsp3) is 0.182. The van der Waals surface area contributed by atoms with Gasteiger partial charge >= 0.3 is 0 Å². The fourth-order valence-electron chi connectivity index (χ4n) is 1.47. The molecule has 7 N–H and O–H groups in total. The molecule has 21 heavy (non-hydrogen) atoms. The number of carbonyl (C=O) groups is 3. The SMILES string of the molecule is NC(=O)CN(CC(N)=O)C(=O)c1ccc(C(N)=NO)cn1. The summed E-state index contributed by atoms with van der Waals surface area (Å²) >= 11 is 0. The van der Waals surface area contributed by atoms with Crippen LogP contribution in [0.15, 0.2) is 23.5 Å². The lowest BCUT2D eigenvalue weighted by Gasteiger charge is -2.18. The minimum absolute atomic E-state index is 0.0491. The van der Waals surface area contributed by atoms with Crippen LogP contribution in [0, 0.1) is 0 Å². The van der Waals surface area contributed by atoms with Gasteiger partial charge in [-0.25, -0.2) is 0 Å². The second-order valence-corrected chi connectivity index (χ2v) is 4.01. The minimum atomic E-state index is -0.794. The van der Waals surface area contributed by atoms with Crippen molar-refractivity contribution < 1.29 is 19.6 Å². The molecule has 0 bridgehead atoms. The number of pyridine rings is 1. The van der Waals surface area contributed by atoms with E-state index in [1.165, 1.54) is 18.3 Å². The number of amidine groups is 1. The Morgan fingerprint density at radius 1 is 1.14 bits per heavy atom. The fourth-order valence-corrected chi connectivity index (χ4v) is 1.47. The molecule has 10 nitrogen and oxygen atoms in total. The molecule has 1 aromatic rings. The summed E-state index contributed by atoms with van der Waals surface area (Å²) in [5, 5.41) is 11.3. The van der Waals surface area contributed by atoms with Crippen molar-refractivity contribution >= 4 is 23.6 Å². The summed E-state index contributed by atoms with van der Waals surface area (Å²) in [5.41, 5.74) is 15.6. The molecule has 1 heterocycles. The van der Waals surface area contributed by atoms with E-state index in [-0.39, 0.29) is 11.5 Å². The number of carbonyl (C=O) groups excluding carboxylic acids is 3. The second kappa shape index (κ2) is 6.84. The molecule has 0 atom stereocenters. The van der Waals surface area contributed by atoms with E-state index < -0.39 is 30.8 Å². The molecule has 0 saturated heterocycles. The average molecular weight is 294 g/mol. The highest BCUT2D eigenvalue weighted by Gasteiger charge is 2.20. The number of primary amides is 2. The summed E-state index contributed by atoms with van der Waals surface area (Å²) in [4.78, 5) is 38.6. The topological polar surface area (TPSA) is 178 Å². The van der Waals surface area contributed by atoms with E-state index in [4.69, 9.17) is 22.4 Å². The number of hydrogen-bond donors (Lipinski definition) is 4. The van der Waals surface area contributed by atoms with E-state index in [1.54, 1.807) is 0 Å². The third-order valence-corrected chi connectivity index (χ3v) is 2.37. The van der Waals surface area contributed by atoms with Gasteiger partial charge in [0.2, 0.25) is 11.8 Å². The molecule has 0 aliphatic rings. The molecule has 0 unspecified atom stereocenters. The van der Waals surface area contributed by atoms with Crippen molar-refractivity contribution in [1.29, 1.82) is 0 Å². The predicted octanol–water partition coefficient (Wildman–Crippen LogP) is -2.41. The molecule has 0 saturated carbocycles. The van der Waals surface area contributed by atoms with Crippen LogP contribution < -0.4 is 17.2 Å². The van der Waals surface area contributed by atoms with Crippen molar-refractivity contribution in [2.24, 2.45) is 22.4 Å². The molecule has 112 valence electrons. The number of nitrogens with zero attached hydrogens (tertiary/aromatic N) is 3. The summed E-state index contributed by atoms with van der Waals surface area (Å²) in [6.45, 7) is -0.934. The monoisotopic (exact) mass is 294 g/mol. The Hall–Kier alpha value is -3.17. The molecule has 0 aromatic carbocycles. The number of aromatic nitrogens is 1. The van der Waals surface area contributed by atoms with Gasteiger partial charge in [-0.05, 0) is 12.1 Å². The minimum Gasteiger partial charge on any atom is -0.409 e. The van der Waals surface area contributed by atoms with Crippen molar-refractivity contribution in [2.45, 2.75) is 0 Å². The van der Waals surface area contributed by atoms with Crippen LogP contribution in [0.1, 0.15) is 16.1 Å². The highest BCUT2D eigenvalue weighted by molar-refractivity contribution is 5.99. The molecular weight excluding hydrogens is 280 g/mol. The van der Waals surface area contributed by atoms with E-state index in [1.807, 2.05) is 0 Å². The van der Waals surface area contributed by atoms with Crippen molar-refractivity contribution in [1.82, 2.24) is 9.88 Å². The number of oxime groups is 1. The largest absolute Gasteiger partial charge is 0.409 e. The number of rotatable bonds is 6. The Kier molecular flexibility index (Phi) is 5.17. The Labute approximate surface area is 119 Å². The first-order chi connectivity index (χ1) is 9.85. The Morgan fingerprint density at radius 3 is 2.10 bits per heavy atom. The van der Waals surface area contributed by atoms with Crippen LogP contribution in [0.5, 0.6) is 0 Å². The van der Waals surface area contributed by atoms with E-state index in [9.17, 15) is 14.4 Å². The number of hydrogen-bond acceptors (Lipinski definition) is 6. The third kappa shape index (κ3) is 4.45. The van der Waals surface area contributed by atoms with Gasteiger partial charge in [-0.3, -0.25) is 19.4 Å². The van der Waals surface area contributed by atoms with Crippen LogP contribution in [0.3, 0.4) is 0 Å². The standard InChI is InChI=1S/C11H14N6O4/c12-8(18)4-17(5-9(13)19)11(20)7-2-1-6(3-15-7)10(14)16-21/h1-3,21H,4-5H2,(H2,12,18)(H2,13,19)(H2,14,16). The van der Waals surface area contributed by atoms with Crippen LogP contribution in [0.4, 0.5) is 0 Å². The summed E-state index contributed by atoms with van der Waals surface area (Å²) in [6, 6.07) is 2.69. The number of nitrogens with two attached hydrogens (primary N) is 3. The molecular formula is C11H14N6O4. The molecule has 0 aliphatic carbocycles. The van der Waals surface area contributed by atoms with Crippen LogP contribution >= 0.6 is 0 Å². The molecule has 10 heteroatoms. The van der Waals surface area contributed by atoms with Crippen molar-refractivity contribution in [3.05, 3.63) is 29.6 Å². The smallest absolute Gasteiger partial charge is 0.273 e. The average Bonchev–Trinajstić information content (AvgIpc) is 2.44. The molecule has 0 radical (unpaired) electrons. The van der Waals surface area contributed by atoms with Gasteiger partial charge in [0.1, 0.15) is 18.8 Å². The van der Waals surface area contributed by atoms with E-state index in [0.717, 1.165) is 4.90 Å². The maximum absolute atomic E-state index is 12.1. The summed E-state index contributed by atoms with van der Waals surface area (Å²) < 4.78 is 0. The normalized spacial score (nSPS) is 11.0. The van der Waals surface area contributed by atoms with Gasteiger partial charge in [-0.1, -0.05) is 5.16 Å². The van der Waals surface area contributed by atoms with Crippen LogP contribution in [0.2, 0.25) is 0 Å². The molecule has 0 spiro atoms. The zero-order valence-electron chi connectivity index (χ0n) is 10.9. The predicted molar refractivity (Wildman–Crippen MR) is 71.0 cm³/mol. The summed E-state index contributed by atoms with van der Waals surface area (Å²) in [5.74, 6) is -2.46. The Morgan fingerprint density at radius 2 is 1.71 bits per heavy atom. The van der Waals surface area contributed by atoms with E-state index in [0.29, 0.717) is 5.56 Å². The van der Waals surface area contributed by atoms with Gasteiger partial charge in [0.05, 0.1) is 0 Å². The van der Waals surface area contributed by atoms with E-state index >= 15 is 0 Å². The quantitative estimate of drug-likeness (QED) is 0.196. The van der Waals surface area contributed by atoms with Gasteiger partial charge < -0.3 is 27.3 Å². The van der Waals surface area contributed by atoms with Gasteiger partial charge in [0, 0.05) is 11.8 Å². The van der Waals surface area contributed by atoms with Crippen LogP contribution in [-0.4, -0.2) is 51.7 Å². The van der Waals surface area contributed by atoms with Gasteiger partial charge in [0.25, 0.3) is 5.91 Å². The summed E-state index contributed by atoms with van der Waals surface area (Å²) in [7, 11) is 0. The van der Waals surface area contributed by atoms with Crippen LogP contribution in [0.25, 0.3) is 0 Å². The lowest BCUT2D eigenvalue weighted by molar-refractivity contribution is -0.121. The van der Waals surface area contributed by atoms with E-state index in [2.05, 4.69) is 10.1 Å². The Balaban J connectivity index is 2.97. The summed E-state index contributed by atoms with van der Waals surface area (Å²) in [6.07, 6.45) is 1.20. The maximum Gasteiger partial charge on any atom is 0.273 e. The first-order valence-corrected chi connectivity index (χ1v) is 5.65. The first kappa shape index (κ1) is 15.9. The molecule has 1 aromatic heterocycles. The molecule has 0 aliphatic heterocycles. The van der Waals surface area contributed by atoms with Crippen molar-refractivity contribution in [3.63, 3.8) is 0 Å². The highest BCUT2D eigenvalue weighted by Crippen LogP contribution is 2.04. The van der Waals surface area contributed by atoms with Crippen LogP contribution in [-0.2, 0) is 9.59 Å².